The van der Waals surface area contributed by atoms with Gasteiger partial charge in [0.2, 0.25) is 5.91 Å². The number of thiazole rings is 1. The van der Waals surface area contributed by atoms with Crippen molar-refractivity contribution in [3.63, 3.8) is 0 Å². The maximum absolute atomic E-state index is 12.7. The van der Waals surface area contributed by atoms with Gasteiger partial charge in [0.15, 0.2) is 5.76 Å². The molecule has 2 amide bonds. The lowest BCUT2D eigenvalue weighted by Gasteiger charge is -2.30. The largest absolute Gasteiger partial charge is 0.459 e. The Labute approximate surface area is 167 Å². The Bertz CT molecular complexity index is 972. The number of furan rings is 1. The molecule has 0 aliphatic carbocycles. The number of aromatic nitrogens is 1. The van der Waals surface area contributed by atoms with Crippen molar-refractivity contribution < 1.29 is 14.0 Å². The fraction of sp³-hybridized carbons (Fsp3) is 0.286. The number of aryl methyl sites for hydroxylation is 1. The Kier molecular flexibility index (Phi) is 5.25. The SMILES string of the molecule is Cc1nc(-c2cccc(NC(=O)C3CCN(C(=O)c4ccco4)CC3)c2)cs1. The third-order valence-corrected chi connectivity index (χ3v) is 5.70. The summed E-state index contributed by atoms with van der Waals surface area (Å²) in [5, 5.41) is 6.04. The quantitative estimate of drug-likeness (QED) is 0.718. The van der Waals surface area contributed by atoms with Crippen molar-refractivity contribution in [2.24, 2.45) is 5.92 Å². The molecule has 28 heavy (non-hydrogen) atoms. The van der Waals surface area contributed by atoms with Crippen LogP contribution in [0.25, 0.3) is 11.3 Å². The first kappa shape index (κ1) is 18.4. The second kappa shape index (κ2) is 7.98. The number of piperidine rings is 1. The van der Waals surface area contributed by atoms with E-state index in [9.17, 15) is 9.59 Å². The van der Waals surface area contributed by atoms with Crippen LogP contribution in [0.2, 0.25) is 0 Å². The number of rotatable bonds is 4. The molecule has 0 bridgehead atoms. The monoisotopic (exact) mass is 395 g/mol. The van der Waals surface area contributed by atoms with Gasteiger partial charge in [-0.05, 0) is 44.0 Å². The van der Waals surface area contributed by atoms with Crippen molar-refractivity contribution in [3.05, 3.63) is 58.8 Å². The van der Waals surface area contributed by atoms with Crippen molar-refractivity contribution in [1.82, 2.24) is 9.88 Å². The summed E-state index contributed by atoms with van der Waals surface area (Å²) >= 11 is 1.61. The van der Waals surface area contributed by atoms with Gasteiger partial charge in [-0.1, -0.05) is 12.1 Å². The molecule has 1 saturated heterocycles. The number of hydrogen-bond acceptors (Lipinski definition) is 5. The van der Waals surface area contributed by atoms with Crippen LogP contribution in [0.3, 0.4) is 0 Å². The van der Waals surface area contributed by atoms with E-state index in [2.05, 4.69) is 10.3 Å². The summed E-state index contributed by atoms with van der Waals surface area (Å²) in [5.41, 5.74) is 2.67. The van der Waals surface area contributed by atoms with Gasteiger partial charge in [-0.15, -0.1) is 11.3 Å². The fourth-order valence-corrected chi connectivity index (χ4v) is 4.02. The molecule has 3 aromatic rings. The van der Waals surface area contributed by atoms with Gasteiger partial charge in [-0.2, -0.15) is 0 Å². The van der Waals surface area contributed by atoms with Crippen LogP contribution in [0.4, 0.5) is 5.69 Å². The Morgan fingerprint density at radius 1 is 1.21 bits per heavy atom. The summed E-state index contributed by atoms with van der Waals surface area (Å²) in [7, 11) is 0. The molecule has 1 aromatic carbocycles. The number of likely N-dealkylation sites (tertiary alicyclic amines) is 1. The van der Waals surface area contributed by atoms with Gasteiger partial charge in [0.25, 0.3) is 5.91 Å². The van der Waals surface area contributed by atoms with E-state index >= 15 is 0 Å². The van der Waals surface area contributed by atoms with Crippen molar-refractivity contribution in [1.29, 1.82) is 0 Å². The zero-order valence-electron chi connectivity index (χ0n) is 15.6. The third kappa shape index (κ3) is 3.99. The van der Waals surface area contributed by atoms with Gasteiger partial charge in [0, 0.05) is 35.6 Å². The van der Waals surface area contributed by atoms with E-state index in [0.29, 0.717) is 31.7 Å². The van der Waals surface area contributed by atoms with Gasteiger partial charge in [-0.3, -0.25) is 9.59 Å². The topological polar surface area (TPSA) is 75.4 Å². The number of anilines is 1. The normalized spacial score (nSPS) is 14.8. The number of amides is 2. The van der Waals surface area contributed by atoms with E-state index < -0.39 is 0 Å². The lowest BCUT2D eigenvalue weighted by atomic mass is 9.95. The summed E-state index contributed by atoms with van der Waals surface area (Å²) in [5.74, 6) is 0.120. The number of carbonyl (C=O) groups is 2. The van der Waals surface area contributed by atoms with Crippen molar-refractivity contribution in [2.75, 3.05) is 18.4 Å². The number of nitrogens with one attached hydrogen (secondary N) is 1. The van der Waals surface area contributed by atoms with Crippen LogP contribution in [0.15, 0.2) is 52.5 Å². The second-order valence-electron chi connectivity index (χ2n) is 6.87. The standard InChI is InChI=1S/C21H21N3O3S/c1-14-22-18(13-28-14)16-4-2-5-17(12-16)23-20(25)15-7-9-24(10-8-15)21(26)19-6-3-11-27-19/h2-6,11-13,15H,7-10H2,1H3,(H,23,25). The maximum Gasteiger partial charge on any atom is 0.289 e. The van der Waals surface area contributed by atoms with Crippen LogP contribution in [-0.4, -0.2) is 34.8 Å². The minimum Gasteiger partial charge on any atom is -0.459 e. The van der Waals surface area contributed by atoms with Crippen LogP contribution in [0, 0.1) is 12.8 Å². The molecule has 0 unspecified atom stereocenters. The molecule has 1 aliphatic heterocycles. The molecule has 144 valence electrons. The summed E-state index contributed by atoms with van der Waals surface area (Å²) in [4.78, 5) is 31.2. The Morgan fingerprint density at radius 3 is 2.71 bits per heavy atom. The first-order valence-electron chi connectivity index (χ1n) is 9.26. The molecule has 6 nitrogen and oxygen atoms in total. The van der Waals surface area contributed by atoms with Gasteiger partial charge in [0.1, 0.15) is 0 Å². The summed E-state index contributed by atoms with van der Waals surface area (Å²) in [6, 6.07) is 11.1. The zero-order chi connectivity index (χ0) is 19.5. The smallest absolute Gasteiger partial charge is 0.289 e. The molecule has 4 rings (SSSR count). The third-order valence-electron chi connectivity index (χ3n) is 4.93. The lowest BCUT2D eigenvalue weighted by molar-refractivity contribution is -0.121. The zero-order valence-corrected chi connectivity index (χ0v) is 16.4. The summed E-state index contributed by atoms with van der Waals surface area (Å²) in [6.45, 7) is 3.08. The number of carbonyl (C=O) groups excluding carboxylic acids is 2. The molecule has 1 aliphatic rings. The van der Waals surface area contributed by atoms with E-state index in [0.717, 1.165) is 22.0 Å². The minimum absolute atomic E-state index is 0.00305. The van der Waals surface area contributed by atoms with E-state index in [1.54, 1.807) is 28.4 Å². The Balaban J connectivity index is 1.35. The van der Waals surface area contributed by atoms with Crippen LogP contribution in [0.5, 0.6) is 0 Å². The van der Waals surface area contributed by atoms with Gasteiger partial charge < -0.3 is 14.6 Å². The molecule has 0 atom stereocenters. The number of nitrogens with zero attached hydrogens (tertiary/aromatic N) is 2. The van der Waals surface area contributed by atoms with E-state index in [4.69, 9.17) is 4.42 Å². The molecule has 3 heterocycles. The van der Waals surface area contributed by atoms with Crippen molar-refractivity contribution in [2.45, 2.75) is 19.8 Å². The van der Waals surface area contributed by atoms with E-state index in [1.165, 1.54) is 6.26 Å². The van der Waals surface area contributed by atoms with Gasteiger partial charge in [-0.25, -0.2) is 4.98 Å². The molecule has 0 spiro atoms. The van der Waals surface area contributed by atoms with Crippen LogP contribution < -0.4 is 5.32 Å². The molecule has 7 heteroatoms. The first-order valence-corrected chi connectivity index (χ1v) is 10.1. The highest BCUT2D eigenvalue weighted by molar-refractivity contribution is 7.09. The molecule has 0 saturated carbocycles. The molecule has 0 radical (unpaired) electrons. The predicted octanol–water partition coefficient (Wildman–Crippen LogP) is 4.20. The first-order chi connectivity index (χ1) is 13.6. The Morgan fingerprint density at radius 2 is 2.04 bits per heavy atom. The highest BCUT2D eigenvalue weighted by Crippen LogP contribution is 2.26. The molecule has 2 aromatic heterocycles. The summed E-state index contributed by atoms with van der Waals surface area (Å²) < 4.78 is 5.18. The predicted molar refractivity (Wildman–Crippen MR) is 108 cm³/mol. The summed E-state index contributed by atoms with van der Waals surface area (Å²) in [6.07, 6.45) is 2.78. The molecule has 1 fully saturated rings. The van der Waals surface area contributed by atoms with E-state index in [1.807, 2.05) is 36.6 Å². The highest BCUT2D eigenvalue weighted by Gasteiger charge is 2.28. The van der Waals surface area contributed by atoms with E-state index in [-0.39, 0.29) is 17.7 Å². The van der Waals surface area contributed by atoms with Gasteiger partial charge in [0.05, 0.1) is 17.0 Å². The van der Waals surface area contributed by atoms with Crippen molar-refractivity contribution in [3.8, 4) is 11.3 Å². The lowest BCUT2D eigenvalue weighted by Crippen LogP contribution is -2.41. The Hall–Kier alpha value is -2.93. The average molecular weight is 395 g/mol. The highest BCUT2D eigenvalue weighted by atomic mass is 32.1. The number of benzene rings is 1. The molecule has 1 N–H and O–H groups in total. The van der Waals surface area contributed by atoms with Crippen LogP contribution in [-0.2, 0) is 4.79 Å². The van der Waals surface area contributed by atoms with Crippen molar-refractivity contribution >= 4 is 28.8 Å². The second-order valence-corrected chi connectivity index (χ2v) is 7.93. The molecular formula is C21H21N3O3S. The minimum atomic E-state index is -0.116. The fourth-order valence-electron chi connectivity index (χ4n) is 3.40. The average Bonchev–Trinajstić information content (AvgIpc) is 3.40. The molecular weight excluding hydrogens is 374 g/mol. The van der Waals surface area contributed by atoms with Crippen LogP contribution >= 0.6 is 11.3 Å². The number of hydrogen-bond donors (Lipinski definition) is 1. The van der Waals surface area contributed by atoms with Crippen LogP contribution in [0.1, 0.15) is 28.4 Å². The van der Waals surface area contributed by atoms with Gasteiger partial charge >= 0.3 is 0 Å². The maximum atomic E-state index is 12.7.